The van der Waals surface area contributed by atoms with Crippen LogP contribution in [-0.4, -0.2) is 0 Å². The second-order valence-electron chi connectivity index (χ2n) is 3.37. The minimum absolute atomic E-state index is 0.787. The van der Waals surface area contributed by atoms with Gasteiger partial charge in [-0.1, -0.05) is 31.4 Å². The average molecular weight is 140 g/mol. The van der Waals surface area contributed by atoms with Gasteiger partial charge in [0.1, 0.15) is 0 Å². The first-order valence-electron chi connectivity index (χ1n) is 4.23. The third-order valence-corrected chi connectivity index (χ3v) is 2.25. The van der Waals surface area contributed by atoms with Crippen molar-refractivity contribution in [1.29, 1.82) is 0 Å². The van der Waals surface area contributed by atoms with Crippen molar-refractivity contribution in [3.8, 4) is 0 Å². The first-order chi connectivity index (χ1) is 4.59. The van der Waals surface area contributed by atoms with Gasteiger partial charge in [0.05, 0.1) is 0 Å². The van der Waals surface area contributed by atoms with Gasteiger partial charge in [-0.05, 0) is 33.1 Å². The molecule has 0 saturated carbocycles. The summed E-state index contributed by atoms with van der Waals surface area (Å²) in [6, 6.07) is 0. The topological polar surface area (TPSA) is 0 Å². The highest BCUT2D eigenvalue weighted by molar-refractivity contribution is 5.09. The number of hydrogen-bond acceptors (Lipinski definition) is 0. The molecule has 0 aliphatic carbocycles. The van der Waals surface area contributed by atoms with Gasteiger partial charge in [-0.25, -0.2) is 0 Å². The summed E-state index contributed by atoms with van der Waals surface area (Å²) in [7, 11) is 0. The number of allylic oxidation sites excluding steroid dienone is 2. The SMILES string of the molecule is CCCC(C)C(C)=C(C)C. The van der Waals surface area contributed by atoms with Crippen molar-refractivity contribution in [2.75, 3.05) is 0 Å². The van der Waals surface area contributed by atoms with E-state index in [2.05, 4.69) is 34.6 Å². The van der Waals surface area contributed by atoms with Gasteiger partial charge < -0.3 is 0 Å². The summed E-state index contributed by atoms with van der Waals surface area (Å²) in [6.45, 7) is 11.2. The van der Waals surface area contributed by atoms with Crippen LogP contribution in [0.4, 0.5) is 0 Å². The molecule has 0 nitrogen and oxygen atoms in total. The molecule has 0 heteroatoms. The number of hydrogen-bond donors (Lipinski definition) is 0. The van der Waals surface area contributed by atoms with E-state index in [9.17, 15) is 0 Å². The molecule has 1 unspecified atom stereocenters. The number of rotatable bonds is 3. The predicted octanol–water partition coefficient (Wildman–Crippen LogP) is 3.78. The van der Waals surface area contributed by atoms with Crippen LogP contribution in [0.2, 0.25) is 0 Å². The zero-order chi connectivity index (χ0) is 8.15. The zero-order valence-electron chi connectivity index (χ0n) is 7.99. The average Bonchev–Trinajstić information content (AvgIpc) is 1.87. The molecule has 0 amide bonds. The molecule has 1 atom stereocenters. The van der Waals surface area contributed by atoms with E-state index in [-0.39, 0.29) is 0 Å². The molecule has 0 aromatic heterocycles. The van der Waals surface area contributed by atoms with E-state index < -0.39 is 0 Å². The summed E-state index contributed by atoms with van der Waals surface area (Å²) in [5, 5.41) is 0. The molecular formula is C10H20. The van der Waals surface area contributed by atoms with Crippen LogP contribution >= 0.6 is 0 Å². The highest BCUT2D eigenvalue weighted by atomic mass is 14.1. The van der Waals surface area contributed by atoms with Crippen LogP contribution in [0.25, 0.3) is 0 Å². The van der Waals surface area contributed by atoms with E-state index in [0.717, 1.165) is 5.92 Å². The molecule has 0 rings (SSSR count). The summed E-state index contributed by atoms with van der Waals surface area (Å²) < 4.78 is 0. The van der Waals surface area contributed by atoms with E-state index in [0.29, 0.717) is 0 Å². The molecule has 0 fully saturated rings. The van der Waals surface area contributed by atoms with Gasteiger partial charge in [-0.15, -0.1) is 0 Å². The molecule has 0 spiro atoms. The van der Waals surface area contributed by atoms with Gasteiger partial charge in [-0.2, -0.15) is 0 Å². The van der Waals surface area contributed by atoms with E-state index >= 15 is 0 Å². The first kappa shape index (κ1) is 9.74. The van der Waals surface area contributed by atoms with Crippen LogP contribution in [0.15, 0.2) is 11.1 Å². The summed E-state index contributed by atoms with van der Waals surface area (Å²) in [5.74, 6) is 0.787. The Morgan fingerprint density at radius 3 is 2.00 bits per heavy atom. The molecule has 60 valence electrons. The Labute approximate surface area is 65.3 Å². The normalized spacial score (nSPS) is 12.9. The molecule has 10 heavy (non-hydrogen) atoms. The second kappa shape index (κ2) is 4.54. The van der Waals surface area contributed by atoms with Gasteiger partial charge in [0, 0.05) is 0 Å². The minimum Gasteiger partial charge on any atom is -0.0772 e. The Morgan fingerprint density at radius 2 is 1.70 bits per heavy atom. The molecule has 0 saturated heterocycles. The molecule has 0 bridgehead atoms. The highest BCUT2D eigenvalue weighted by Crippen LogP contribution is 2.18. The summed E-state index contributed by atoms with van der Waals surface area (Å²) in [4.78, 5) is 0. The first-order valence-corrected chi connectivity index (χ1v) is 4.23. The molecule has 0 aliphatic heterocycles. The third-order valence-electron chi connectivity index (χ3n) is 2.25. The Morgan fingerprint density at radius 1 is 1.20 bits per heavy atom. The van der Waals surface area contributed by atoms with Crippen molar-refractivity contribution in [2.45, 2.75) is 47.5 Å². The molecular weight excluding hydrogens is 120 g/mol. The van der Waals surface area contributed by atoms with Gasteiger partial charge in [0.15, 0.2) is 0 Å². The van der Waals surface area contributed by atoms with Crippen molar-refractivity contribution < 1.29 is 0 Å². The zero-order valence-corrected chi connectivity index (χ0v) is 7.99. The lowest BCUT2D eigenvalue weighted by molar-refractivity contribution is 0.596. The molecule has 0 aliphatic rings. The third kappa shape index (κ3) is 3.05. The van der Waals surface area contributed by atoms with Crippen molar-refractivity contribution in [2.24, 2.45) is 5.92 Å². The fourth-order valence-electron chi connectivity index (χ4n) is 1.14. The standard InChI is InChI=1S/C10H20/c1-6-7-9(4)10(5)8(2)3/h9H,6-7H2,1-5H3. The lowest BCUT2D eigenvalue weighted by Crippen LogP contribution is -1.96. The van der Waals surface area contributed by atoms with Gasteiger partial charge >= 0.3 is 0 Å². The maximum Gasteiger partial charge on any atom is -0.0232 e. The molecule has 0 aromatic rings. The van der Waals surface area contributed by atoms with Crippen molar-refractivity contribution >= 4 is 0 Å². The maximum absolute atomic E-state index is 2.31. The van der Waals surface area contributed by atoms with Crippen LogP contribution in [0.3, 0.4) is 0 Å². The van der Waals surface area contributed by atoms with Crippen LogP contribution < -0.4 is 0 Å². The van der Waals surface area contributed by atoms with Crippen LogP contribution in [0, 0.1) is 5.92 Å². The minimum atomic E-state index is 0.787. The fraction of sp³-hybridized carbons (Fsp3) is 0.800. The predicted molar refractivity (Wildman–Crippen MR) is 48.1 cm³/mol. The van der Waals surface area contributed by atoms with E-state index in [1.807, 2.05) is 0 Å². The van der Waals surface area contributed by atoms with Gasteiger partial charge in [0.2, 0.25) is 0 Å². The Hall–Kier alpha value is -0.260. The Bertz CT molecular complexity index is 116. The fourth-order valence-corrected chi connectivity index (χ4v) is 1.14. The molecule has 0 radical (unpaired) electrons. The lowest BCUT2D eigenvalue weighted by Gasteiger charge is -2.12. The van der Waals surface area contributed by atoms with E-state index in [1.165, 1.54) is 18.4 Å². The van der Waals surface area contributed by atoms with Crippen LogP contribution in [-0.2, 0) is 0 Å². The van der Waals surface area contributed by atoms with Gasteiger partial charge in [0.25, 0.3) is 0 Å². The lowest BCUT2D eigenvalue weighted by atomic mass is 9.95. The summed E-state index contributed by atoms with van der Waals surface area (Å²) in [6.07, 6.45) is 2.63. The monoisotopic (exact) mass is 140 g/mol. The highest BCUT2D eigenvalue weighted by Gasteiger charge is 2.02. The molecule has 0 aromatic carbocycles. The summed E-state index contributed by atoms with van der Waals surface area (Å²) in [5.41, 5.74) is 3.06. The largest absolute Gasteiger partial charge is 0.0772 e. The quantitative estimate of drug-likeness (QED) is 0.523. The summed E-state index contributed by atoms with van der Waals surface area (Å²) >= 11 is 0. The van der Waals surface area contributed by atoms with Crippen LogP contribution in [0.1, 0.15) is 47.5 Å². The maximum atomic E-state index is 2.31. The van der Waals surface area contributed by atoms with Crippen LogP contribution in [0.5, 0.6) is 0 Å². The van der Waals surface area contributed by atoms with E-state index in [1.54, 1.807) is 5.57 Å². The molecule has 0 N–H and O–H groups in total. The Kier molecular flexibility index (Phi) is 4.42. The van der Waals surface area contributed by atoms with Crippen molar-refractivity contribution in [3.05, 3.63) is 11.1 Å². The van der Waals surface area contributed by atoms with E-state index in [4.69, 9.17) is 0 Å². The van der Waals surface area contributed by atoms with Crippen molar-refractivity contribution in [3.63, 3.8) is 0 Å². The van der Waals surface area contributed by atoms with Crippen molar-refractivity contribution in [1.82, 2.24) is 0 Å². The Balaban J connectivity index is 3.94. The second-order valence-corrected chi connectivity index (χ2v) is 3.37. The molecule has 0 heterocycles. The van der Waals surface area contributed by atoms with Gasteiger partial charge in [-0.3, -0.25) is 0 Å². The smallest absolute Gasteiger partial charge is 0.0232 e.